The summed E-state index contributed by atoms with van der Waals surface area (Å²) in [6.45, 7) is 5.35. The summed E-state index contributed by atoms with van der Waals surface area (Å²) in [5.74, 6) is -1.02. The van der Waals surface area contributed by atoms with Gasteiger partial charge in [0.05, 0.1) is 12.5 Å². The third-order valence-corrected chi connectivity index (χ3v) is 4.58. The number of carboxylic acids is 1. The van der Waals surface area contributed by atoms with E-state index in [1.807, 2.05) is 30.0 Å². The van der Waals surface area contributed by atoms with Crippen molar-refractivity contribution in [1.29, 1.82) is 0 Å². The summed E-state index contributed by atoms with van der Waals surface area (Å²) in [5, 5.41) is 11.8. The summed E-state index contributed by atoms with van der Waals surface area (Å²) in [6, 6.07) is 5.88. The van der Waals surface area contributed by atoms with E-state index in [0.717, 1.165) is 14.8 Å². The van der Waals surface area contributed by atoms with Crippen LogP contribution in [-0.2, 0) is 9.59 Å². The number of carbonyl (C=O) groups excluding carboxylic acids is 1. The molecule has 1 aliphatic rings. The van der Waals surface area contributed by atoms with Crippen molar-refractivity contribution in [2.24, 2.45) is 11.8 Å². The number of amides is 1. The molecule has 1 aliphatic heterocycles. The topological polar surface area (TPSA) is 69.6 Å². The lowest BCUT2D eigenvalue weighted by atomic mass is 9.87. The first-order chi connectivity index (χ1) is 9.86. The van der Waals surface area contributed by atoms with E-state index in [2.05, 4.69) is 27.9 Å². The van der Waals surface area contributed by atoms with Crippen LogP contribution in [0, 0.1) is 22.3 Å². The van der Waals surface area contributed by atoms with Gasteiger partial charge in [-0.05, 0) is 59.2 Å². The fourth-order valence-corrected chi connectivity index (χ4v) is 3.06. The Morgan fingerprint density at radius 2 is 2.14 bits per heavy atom. The number of likely N-dealkylation sites (tertiary alicyclic amines) is 1. The Morgan fingerprint density at radius 3 is 2.71 bits per heavy atom. The van der Waals surface area contributed by atoms with E-state index in [0.29, 0.717) is 19.6 Å². The SMILES string of the molecule is Cc1cc(I)ccc1NC(=O)CN1CC(C(C)C(=O)O)C1. The fourth-order valence-electron chi connectivity index (χ4n) is 2.42. The molecule has 21 heavy (non-hydrogen) atoms. The normalized spacial score (nSPS) is 17.1. The van der Waals surface area contributed by atoms with Crippen molar-refractivity contribution in [3.63, 3.8) is 0 Å². The molecule has 5 nitrogen and oxygen atoms in total. The Balaban J connectivity index is 1.80. The number of halogens is 1. The summed E-state index contributed by atoms with van der Waals surface area (Å²) in [5.41, 5.74) is 1.87. The molecule has 1 aromatic carbocycles. The van der Waals surface area contributed by atoms with Crippen LogP contribution in [0.3, 0.4) is 0 Å². The standard InChI is InChI=1S/C15H19IN2O3/c1-9-5-12(16)3-4-13(9)17-14(19)8-18-6-11(7-18)10(2)15(20)21/h3-5,10-11H,6-8H2,1-2H3,(H,17,19)(H,20,21). The molecule has 0 spiro atoms. The number of aryl methyl sites for hydroxylation is 1. The van der Waals surface area contributed by atoms with E-state index in [1.54, 1.807) is 6.92 Å². The monoisotopic (exact) mass is 402 g/mol. The number of benzene rings is 1. The molecule has 0 saturated carbocycles. The van der Waals surface area contributed by atoms with Crippen molar-refractivity contribution in [1.82, 2.24) is 4.90 Å². The molecule has 1 saturated heterocycles. The van der Waals surface area contributed by atoms with Gasteiger partial charge in [-0.25, -0.2) is 0 Å². The Bertz CT molecular complexity index is 556. The van der Waals surface area contributed by atoms with Crippen LogP contribution >= 0.6 is 22.6 Å². The van der Waals surface area contributed by atoms with Gasteiger partial charge < -0.3 is 10.4 Å². The van der Waals surface area contributed by atoms with E-state index < -0.39 is 5.97 Å². The van der Waals surface area contributed by atoms with Gasteiger partial charge in [0.1, 0.15) is 0 Å². The van der Waals surface area contributed by atoms with Crippen LogP contribution < -0.4 is 5.32 Å². The Kier molecular flexibility index (Phi) is 5.21. The van der Waals surface area contributed by atoms with E-state index in [1.165, 1.54) is 0 Å². The maximum Gasteiger partial charge on any atom is 0.306 e. The Hall–Kier alpha value is -1.15. The van der Waals surface area contributed by atoms with Crippen molar-refractivity contribution >= 4 is 40.2 Å². The third kappa shape index (κ3) is 4.16. The number of nitrogens with one attached hydrogen (secondary N) is 1. The number of hydrogen-bond acceptors (Lipinski definition) is 3. The minimum Gasteiger partial charge on any atom is -0.481 e. The third-order valence-electron chi connectivity index (χ3n) is 3.91. The zero-order chi connectivity index (χ0) is 15.6. The molecular formula is C15H19IN2O3. The van der Waals surface area contributed by atoms with E-state index >= 15 is 0 Å². The van der Waals surface area contributed by atoms with Gasteiger partial charge in [0.25, 0.3) is 0 Å². The molecule has 0 aromatic heterocycles. The zero-order valence-electron chi connectivity index (χ0n) is 12.1. The van der Waals surface area contributed by atoms with Crippen LogP contribution in [0.5, 0.6) is 0 Å². The molecule has 114 valence electrons. The first kappa shape index (κ1) is 16.2. The molecule has 1 heterocycles. The first-order valence-electron chi connectivity index (χ1n) is 6.88. The smallest absolute Gasteiger partial charge is 0.306 e. The number of anilines is 1. The largest absolute Gasteiger partial charge is 0.481 e. The number of aliphatic carboxylic acids is 1. The van der Waals surface area contributed by atoms with E-state index in [-0.39, 0.29) is 17.7 Å². The summed E-state index contributed by atoms with van der Waals surface area (Å²) in [7, 11) is 0. The predicted octanol–water partition coefficient (Wildman–Crippen LogP) is 2.19. The second kappa shape index (κ2) is 6.74. The van der Waals surface area contributed by atoms with Crippen molar-refractivity contribution < 1.29 is 14.7 Å². The van der Waals surface area contributed by atoms with Crippen molar-refractivity contribution in [3.8, 4) is 0 Å². The van der Waals surface area contributed by atoms with Crippen molar-refractivity contribution in [3.05, 3.63) is 27.3 Å². The molecule has 6 heteroatoms. The highest BCUT2D eigenvalue weighted by molar-refractivity contribution is 14.1. The summed E-state index contributed by atoms with van der Waals surface area (Å²) < 4.78 is 1.14. The number of carboxylic acid groups (broad SMARTS) is 1. The van der Waals surface area contributed by atoms with Gasteiger partial charge in [0.15, 0.2) is 0 Å². The lowest BCUT2D eigenvalue weighted by Crippen LogP contribution is -2.53. The Labute approximate surface area is 137 Å². The molecule has 2 rings (SSSR count). The maximum atomic E-state index is 12.0. The van der Waals surface area contributed by atoms with Crippen LogP contribution in [0.25, 0.3) is 0 Å². The fraction of sp³-hybridized carbons (Fsp3) is 0.467. The molecule has 0 aliphatic carbocycles. The van der Waals surface area contributed by atoms with Gasteiger partial charge in [0.2, 0.25) is 5.91 Å². The van der Waals surface area contributed by atoms with Gasteiger partial charge in [-0.3, -0.25) is 14.5 Å². The molecule has 2 N–H and O–H groups in total. The van der Waals surface area contributed by atoms with Crippen LogP contribution in [0.4, 0.5) is 5.69 Å². The van der Waals surface area contributed by atoms with Crippen LogP contribution in [0.2, 0.25) is 0 Å². The second-order valence-electron chi connectivity index (χ2n) is 5.59. The van der Waals surface area contributed by atoms with Gasteiger partial charge in [-0.2, -0.15) is 0 Å². The Morgan fingerprint density at radius 1 is 1.48 bits per heavy atom. The van der Waals surface area contributed by atoms with Gasteiger partial charge in [-0.15, -0.1) is 0 Å². The van der Waals surface area contributed by atoms with Crippen LogP contribution in [-0.4, -0.2) is 41.5 Å². The predicted molar refractivity (Wildman–Crippen MR) is 89.3 cm³/mol. The summed E-state index contributed by atoms with van der Waals surface area (Å²) in [4.78, 5) is 24.8. The number of hydrogen-bond donors (Lipinski definition) is 2. The lowest BCUT2D eigenvalue weighted by Gasteiger charge is -2.40. The number of carbonyl (C=O) groups is 2. The first-order valence-corrected chi connectivity index (χ1v) is 7.96. The van der Waals surface area contributed by atoms with Gasteiger partial charge >= 0.3 is 5.97 Å². The van der Waals surface area contributed by atoms with Gasteiger partial charge in [0, 0.05) is 22.3 Å². The second-order valence-corrected chi connectivity index (χ2v) is 6.83. The minimum atomic E-state index is -0.765. The molecular weight excluding hydrogens is 383 g/mol. The quantitative estimate of drug-likeness (QED) is 0.741. The molecule has 1 atom stereocenters. The highest BCUT2D eigenvalue weighted by Crippen LogP contribution is 2.24. The highest BCUT2D eigenvalue weighted by atomic mass is 127. The molecule has 1 fully saturated rings. The van der Waals surface area contributed by atoms with Crippen LogP contribution in [0.15, 0.2) is 18.2 Å². The minimum absolute atomic E-state index is 0.0549. The van der Waals surface area contributed by atoms with Gasteiger partial charge in [-0.1, -0.05) is 6.92 Å². The van der Waals surface area contributed by atoms with E-state index in [9.17, 15) is 9.59 Å². The highest BCUT2D eigenvalue weighted by Gasteiger charge is 2.35. The average molecular weight is 402 g/mol. The molecule has 1 unspecified atom stereocenters. The maximum absolute atomic E-state index is 12.0. The zero-order valence-corrected chi connectivity index (χ0v) is 14.3. The molecule has 0 radical (unpaired) electrons. The molecule has 1 amide bonds. The number of rotatable bonds is 5. The lowest BCUT2D eigenvalue weighted by molar-refractivity contribution is -0.145. The van der Waals surface area contributed by atoms with Crippen LogP contribution in [0.1, 0.15) is 12.5 Å². The van der Waals surface area contributed by atoms with Crippen molar-refractivity contribution in [2.45, 2.75) is 13.8 Å². The summed E-state index contributed by atoms with van der Waals surface area (Å²) >= 11 is 2.24. The summed E-state index contributed by atoms with van der Waals surface area (Å²) in [6.07, 6.45) is 0. The average Bonchev–Trinajstić information content (AvgIpc) is 2.36. The van der Waals surface area contributed by atoms with E-state index in [4.69, 9.17) is 5.11 Å². The van der Waals surface area contributed by atoms with Crippen molar-refractivity contribution in [2.75, 3.05) is 25.0 Å². The molecule has 1 aromatic rings. The molecule has 0 bridgehead atoms. The number of nitrogens with zero attached hydrogens (tertiary/aromatic N) is 1.